The van der Waals surface area contributed by atoms with E-state index < -0.39 is 71.7 Å². The Kier molecular flexibility index (Phi) is 8.02. The second kappa shape index (κ2) is 11.1. The summed E-state index contributed by atoms with van der Waals surface area (Å²) < 4.78 is 23.0. The molecular weight excluding hydrogens is 516 g/mol. The van der Waals surface area contributed by atoms with Gasteiger partial charge in [-0.2, -0.15) is 0 Å². The van der Waals surface area contributed by atoms with Gasteiger partial charge in [0.2, 0.25) is 0 Å². The summed E-state index contributed by atoms with van der Waals surface area (Å²) in [6.07, 6.45) is -7.20. The van der Waals surface area contributed by atoms with Crippen molar-refractivity contribution < 1.29 is 54.1 Å². The van der Waals surface area contributed by atoms with E-state index in [2.05, 4.69) is 0 Å². The monoisotopic (exact) mass is 546 g/mol. The number of rotatable bonds is 7. The highest BCUT2D eigenvalue weighted by atomic mass is 16.6. The molecule has 2 aromatic carbocycles. The molecule has 210 valence electrons. The van der Waals surface area contributed by atoms with Crippen LogP contribution in [0.15, 0.2) is 39.5 Å². The number of methoxy groups -OCH3 is 1. The molecule has 0 aliphatic carbocycles. The van der Waals surface area contributed by atoms with Crippen molar-refractivity contribution in [2.24, 2.45) is 5.92 Å². The first-order chi connectivity index (χ1) is 18.5. The third kappa shape index (κ3) is 5.11. The molecule has 1 aliphatic heterocycles. The molecule has 39 heavy (non-hydrogen) atoms. The van der Waals surface area contributed by atoms with Crippen LogP contribution in [0.5, 0.6) is 23.0 Å². The summed E-state index contributed by atoms with van der Waals surface area (Å²) in [6, 6.07) is 5.94. The lowest BCUT2D eigenvalue weighted by atomic mass is 9.89. The van der Waals surface area contributed by atoms with Crippen molar-refractivity contribution in [2.75, 3.05) is 13.7 Å². The average molecular weight is 547 g/mol. The number of fused-ring (bicyclic) bond motifs is 1. The average Bonchev–Trinajstić information content (AvgIpc) is 2.92. The van der Waals surface area contributed by atoms with Crippen molar-refractivity contribution in [3.05, 3.63) is 46.1 Å². The summed E-state index contributed by atoms with van der Waals surface area (Å²) in [4.78, 5) is 25.9. The van der Waals surface area contributed by atoms with Crippen molar-refractivity contribution >= 4 is 16.9 Å². The summed E-state index contributed by atoms with van der Waals surface area (Å²) in [6.45, 7) is 2.68. The molecule has 0 amide bonds. The number of ether oxygens (including phenoxy) is 3. The van der Waals surface area contributed by atoms with Crippen LogP contribution >= 0.6 is 0 Å². The molecule has 1 fully saturated rings. The van der Waals surface area contributed by atoms with E-state index in [0.29, 0.717) is 6.42 Å². The summed E-state index contributed by atoms with van der Waals surface area (Å²) in [5, 5.41) is 61.3. The second-order valence-corrected chi connectivity index (χ2v) is 9.36. The lowest BCUT2D eigenvalue weighted by molar-refractivity contribution is -0.242. The van der Waals surface area contributed by atoms with Crippen molar-refractivity contribution in [3.8, 4) is 34.3 Å². The van der Waals surface area contributed by atoms with Gasteiger partial charge < -0.3 is 49.3 Å². The number of carbonyl (C=O) groups excluding carboxylic acids is 1. The quantitative estimate of drug-likeness (QED) is 0.186. The SMILES string of the molecule is CCC(C)C(=O)O[C@@H]1[C@@H](O)[C@H](O)[C@@H](CO)O[C@H]1c1c(OC)cc(O)c2c(=O)cc(-c3ccc(O)c(O)c3)oc12. The lowest BCUT2D eigenvalue weighted by Gasteiger charge is -2.42. The van der Waals surface area contributed by atoms with E-state index in [0.717, 1.165) is 18.2 Å². The molecular formula is C27H30O12. The first kappa shape index (κ1) is 28.2. The van der Waals surface area contributed by atoms with Crippen LogP contribution in [-0.4, -0.2) is 74.7 Å². The van der Waals surface area contributed by atoms with Gasteiger partial charge in [0.1, 0.15) is 47.1 Å². The Bertz CT molecular complexity index is 1430. The number of esters is 1. The molecule has 3 aromatic rings. The lowest BCUT2D eigenvalue weighted by Crippen LogP contribution is -2.56. The molecule has 0 saturated carbocycles. The molecule has 12 nitrogen and oxygen atoms in total. The number of benzene rings is 2. The van der Waals surface area contributed by atoms with E-state index in [9.17, 15) is 40.2 Å². The number of aromatic hydroxyl groups is 3. The number of phenols is 3. The molecule has 0 radical (unpaired) electrons. The van der Waals surface area contributed by atoms with Crippen LogP contribution in [-0.2, 0) is 14.3 Å². The maximum atomic E-state index is 13.2. The predicted octanol–water partition coefficient (Wildman–Crippen LogP) is 1.70. The Morgan fingerprint density at radius 1 is 1.05 bits per heavy atom. The zero-order valence-corrected chi connectivity index (χ0v) is 21.4. The molecule has 1 unspecified atom stereocenters. The van der Waals surface area contributed by atoms with Gasteiger partial charge >= 0.3 is 5.97 Å². The predicted molar refractivity (Wildman–Crippen MR) is 136 cm³/mol. The fourth-order valence-corrected chi connectivity index (χ4v) is 4.44. The summed E-state index contributed by atoms with van der Waals surface area (Å²) in [5.74, 6) is -2.75. The van der Waals surface area contributed by atoms with Crippen LogP contribution in [0.1, 0.15) is 31.9 Å². The first-order valence-electron chi connectivity index (χ1n) is 12.2. The number of aliphatic hydroxyl groups is 3. The first-order valence-corrected chi connectivity index (χ1v) is 12.2. The normalized spacial score (nSPS) is 23.9. The van der Waals surface area contributed by atoms with Crippen LogP contribution in [0, 0.1) is 5.92 Å². The third-order valence-electron chi connectivity index (χ3n) is 6.88. The molecule has 1 aliphatic rings. The van der Waals surface area contributed by atoms with E-state index in [1.165, 1.54) is 19.2 Å². The van der Waals surface area contributed by atoms with Crippen LogP contribution in [0.3, 0.4) is 0 Å². The molecule has 6 N–H and O–H groups in total. The van der Waals surface area contributed by atoms with Gasteiger partial charge in [-0.15, -0.1) is 0 Å². The smallest absolute Gasteiger partial charge is 0.309 e. The van der Waals surface area contributed by atoms with Gasteiger partial charge in [-0.05, 0) is 24.6 Å². The highest BCUT2D eigenvalue weighted by Gasteiger charge is 2.49. The molecule has 12 heteroatoms. The highest BCUT2D eigenvalue weighted by molar-refractivity contribution is 5.90. The number of aliphatic hydroxyl groups excluding tert-OH is 3. The Labute approximate surface area is 222 Å². The molecule has 6 atom stereocenters. The second-order valence-electron chi connectivity index (χ2n) is 9.36. The summed E-state index contributed by atoms with van der Waals surface area (Å²) in [5.41, 5.74) is -0.788. The molecule has 2 heterocycles. The van der Waals surface area contributed by atoms with Crippen LogP contribution in [0.2, 0.25) is 0 Å². The van der Waals surface area contributed by atoms with Gasteiger partial charge in [0.15, 0.2) is 28.6 Å². The zero-order chi connectivity index (χ0) is 28.6. The molecule has 1 saturated heterocycles. The van der Waals surface area contributed by atoms with Crippen molar-refractivity contribution in [2.45, 2.75) is 50.8 Å². The van der Waals surface area contributed by atoms with Gasteiger partial charge in [-0.1, -0.05) is 13.8 Å². The van der Waals surface area contributed by atoms with Crippen LogP contribution in [0.25, 0.3) is 22.3 Å². The topological polar surface area (TPSA) is 196 Å². The maximum absolute atomic E-state index is 13.2. The van der Waals surface area contributed by atoms with E-state index in [1.807, 2.05) is 0 Å². The van der Waals surface area contributed by atoms with E-state index in [4.69, 9.17) is 18.6 Å². The van der Waals surface area contributed by atoms with E-state index >= 15 is 0 Å². The minimum atomic E-state index is -1.72. The van der Waals surface area contributed by atoms with Crippen LogP contribution in [0.4, 0.5) is 0 Å². The summed E-state index contributed by atoms with van der Waals surface area (Å²) in [7, 11) is 1.27. The minimum Gasteiger partial charge on any atom is -0.507 e. The Morgan fingerprint density at radius 3 is 2.38 bits per heavy atom. The van der Waals surface area contributed by atoms with Gasteiger partial charge in [0.25, 0.3) is 0 Å². The van der Waals surface area contributed by atoms with Crippen molar-refractivity contribution in [1.29, 1.82) is 0 Å². The molecule has 0 bridgehead atoms. The number of phenolic OH excluding ortho intramolecular Hbond substituents is 3. The number of carbonyl (C=O) groups is 1. The maximum Gasteiger partial charge on any atom is 0.309 e. The fourth-order valence-electron chi connectivity index (χ4n) is 4.44. The Hall–Kier alpha value is -3.84. The Morgan fingerprint density at radius 2 is 1.77 bits per heavy atom. The van der Waals surface area contributed by atoms with E-state index in [1.54, 1.807) is 13.8 Å². The van der Waals surface area contributed by atoms with Gasteiger partial charge in [-0.3, -0.25) is 9.59 Å². The number of hydrogen-bond acceptors (Lipinski definition) is 12. The molecule has 1 aromatic heterocycles. The summed E-state index contributed by atoms with van der Waals surface area (Å²) >= 11 is 0. The largest absolute Gasteiger partial charge is 0.507 e. The third-order valence-corrected chi connectivity index (χ3v) is 6.88. The van der Waals surface area contributed by atoms with Crippen LogP contribution < -0.4 is 10.2 Å². The Balaban J connectivity index is 1.99. The zero-order valence-electron chi connectivity index (χ0n) is 21.4. The van der Waals surface area contributed by atoms with Crippen molar-refractivity contribution in [1.82, 2.24) is 0 Å². The molecule has 0 spiro atoms. The highest BCUT2D eigenvalue weighted by Crippen LogP contribution is 2.45. The van der Waals surface area contributed by atoms with Gasteiger partial charge in [0.05, 0.1) is 25.2 Å². The molecule has 4 rings (SSSR count). The minimum absolute atomic E-state index is 0.0430. The standard InChI is InChI=1S/C27H30O12/c1-4-11(2)27(35)39-26-23(34)22(33)19(10-28)38-25(26)21-18(36-3)9-16(32)20-15(31)8-17(37-24(20)21)12-5-6-13(29)14(30)7-12/h5-9,11,19,22-23,25-26,28-30,32-34H,4,10H2,1-3H3/t11?,19-,22-,23+,25+,26-/m1/s1. The van der Waals surface area contributed by atoms with E-state index in [-0.39, 0.29) is 33.6 Å². The van der Waals surface area contributed by atoms with Gasteiger partial charge in [0, 0.05) is 17.7 Å². The fraction of sp³-hybridized carbons (Fsp3) is 0.407. The number of hydrogen-bond donors (Lipinski definition) is 6. The van der Waals surface area contributed by atoms with Crippen molar-refractivity contribution in [3.63, 3.8) is 0 Å². The van der Waals surface area contributed by atoms with Gasteiger partial charge in [-0.25, -0.2) is 0 Å².